The van der Waals surface area contributed by atoms with Crippen LogP contribution in [-0.4, -0.2) is 26.3 Å². The lowest BCUT2D eigenvalue weighted by Gasteiger charge is -2.20. The molecule has 17 heavy (non-hydrogen) atoms. The second-order valence-corrected chi connectivity index (χ2v) is 5.63. The summed E-state index contributed by atoms with van der Waals surface area (Å²) >= 11 is 1.62. The van der Waals surface area contributed by atoms with Gasteiger partial charge in [0.2, 0.25) is 0 Å². The van der Waals surface area contributed by atoms with Gasteiger partial charge in [-0.25, -0.2) is 14.8 Å². The molecular formula is C12H16N2O2S. The average Bonchev–Trinajstić information content (AvgIpc) is 2.29. The zero-order chi connectivity index (χ0) is 12.3. The van der Waals surface area contributed by atoms with Crippen LogP contribution in [0.2, 0.25) is 0 Å². The molecule has 0 bridgehead atoms. The molecule has 0 radical (unpaired) electrons. The third kappa shape index (κ3) is 3.43. The number of nitrogens with zero attached hydrogens (tertiary/aromatic N) is 2. The zero-order valence-corrected chi connectivity index (χ0v) is 10.7. The normalized spacial score (nSPS) is 17.0. The SMILES string of the molecule is Cc1cc(C(=O)O)nc(SC2CCCCC2)n1. The molecule has 92 valence electrons. The van der Waals surface area contributed by atoms with Crippen molar-refractivity contribution in [3.05, 3.63) is 17.5 Å². The predicted molar refractivity (Wildman–Crippen MR) is 66.5 cm³/mol. The summed E-state index contributed by atoms with van der Waals surface area (Å²) < 4.78 is 0. The molecule has 0 atom stereocenters. The summed E-state index contributed by atoms with van der Waals surface area (Å²) in [7, 11) is 0. The van der Waals surface area contributed by atoms with Crippen LogP contribution in [0.3, 0.4) is 0 Å². The van der Waals surface area contributed by atoms with Gasteiger partial charge in [-0.3, -0.25) is 0 Å². The maximum absolute atomic E-state index is 10.9. The van der Waals surface area contributed by atoms with Crippen molar-refractivity contribution in [1.82, 2.24) is 9.97 Å². The first-order chi connectivity index (χ1) is 8.15. The van der Waals surface area contributed by atoms with E-state index in [0.29, 0.717) is 10.4 Å². The number of aromatic nitrogens is 2. The van der Waals surface area contributed by atoms with E-state index in [1.165, 1.54) is 38.2 Å². The predicted octanol–water partition coefficient (Wildman–Crippen LogP) is 2.91. The van der Waals surface area contributed by atoms with Crippen molar-refractivity contribution < 1.29 is 9.90 Å². The molecule has 1 saturated carbocycles. The Labute approximate surface area is 105 Å². The Morgan fingerprint density at radius 1 is 1.35 bits per heavy atom. The Morgan fingerprint density at radius 3 is 2.71 bits per heavy atom. The molecule has 1 aliphatic carbocycles. The largest absolute Gasteiger partial charge is 0.477 e. The highest BCUT2D eigenvalue weighted by Crippen LogP contribution is 2.31. The molecule has 1 N–H and O–H groups in total. The number of rotatable bonds is 3. The number of carboxylic acids is 1. The number of carboxylic acid groups (broad SMARTS) is 1. The van der Waals surface area contributed by atoms with E-state index < -0.39 is 5.97 Å². The van der Waals surface area contributed by atoms with Crippen LogP contribution in [0.1, 0.15) is 48.3 Å². The first-order valence-corrected chi connectivity index (χ1v) is 6.79. The molecule has 1 aromatic heterocycles. The van der Waals surface area contributed by atoms with Gasteiger partial charge >= 0.3 is 5.97 Å². The first-order valence-electron chi connectivity index (χ1n) is 5.91. The van der Waals surface area contributed by atoms with Gasteiger partial charge in [-0.15, -0.1) is 0 Å². The molecule has 1 aliphatic rings. The van der Waals surface area contributed by atoms with Gasteiger partial charge in [-0.05, 0) is 25.8 Å². The molecular weight excluding hydrogens is 236 g/mol. The standard InChI is InChI=1S/C12H16N2O2S/c1-8-7-10(11(15)16)14-12(13-8)17-9-5-3-2-4-6-9/h7,9H,2-6H2,1H3,(H,15,16). The lowest BCUT2D eigenvalue weighted by molar-refractivity contribution is 0.0689. The minimum absolute atomic E-state index is 0.0933. The highest BCUT2D eigenvalue weighted by atomic mass is 32.2. The van der Waals surface area contributed by atoms with Gasteiger partial charge in [0.1, 0.15) is 0 Å². The molecule has 1 aromatic rings. The van der Waals surface area contributed by atoms with Gasteiger partial charge in [-0.2, -0.15) is 0 Å². The maximum atomic E-state index is 10.9. The molecule has 2 rings (SSSR count). The number of aromatic carboxylic acids is 1. The van der Waals surface area contributed by atoms with Crippen LogP contribution in [0.15, 0.2) is 11.2 Å². The summed E-state index contributed by atoms with van der Waals surface area (Å²) in [5.74, 6) is -0.985. The fraction of sp³-hybridized carbons (Fsp3) is 0.583. The summed E-state index contributed by atoms with van der Waals surface area (Å²) in [4.78, 5) is 19.3. The third-order valence-corrected chi connectivity index (χ3v) is 4.08. The molecule has 0 amide bonds. The Balaban J connectivity index is 2.11. The number of hydrogen-bond acceptors (Lipinski definition) is 4. The summed E-state index contributed by atoms with van der Waals surface area (Å²) in [6.45, 7) is 1.80. The Morgan fingerprint density at radius 2 is 2.06 bits per heavy atom. The summed E-state index contributed by atoms with van der Waals surface area (Å²) in [5.41, 5.74) is 0.812. The highest BCUT2D eigenvalue weighted by molar-refractivity contribution is 7.99. The molecule has 0 unspecified atom stereocenters. The highest BCUT2D eigenvalue weighted by Gasteiger charge is 2.17. The molecule has 5 heteroatoms. The van der Waals surface area contributed by atoms with Gasteiger partial charge in [0.15, 0.2) is 10.9 Å². The lowest BCUT2D eigenvalue weighted by atomic mass is 10.0. The van der Waals surface area contributed by atoms with E-state index in [0.717, 1.165) is 5.69 Å². The second-order valence-electron chi connectivity index (χ2n) is 4.36. The smallest absolute Gasteiger partial charge is 0.354 e. The van der Waals surface area contributed by atoms with Gasteiger partial charge < -0.3 is 5.11 Å². The van der Waals surface area contributed by atoms with Crippen molar-refractivity contribution in [1.29, 1.82) is 0 Å². The average molecular weight is 252 g/mol. The van der Waals surface area contributed by atoms with E-state index in [1.807, 2.05) is 0 Å². The first kappa shape index (κ1) is 12.4. The monoisotopic (exact) mass is 252 g/mol. The van der Waals surface area contributed by atoms with Crippen LogP contribution in [0.25, 0.3) is 0 Å². The molecule has 0 saturated heterocycles. The lowest BCUT2D eigenvalue weighted by Crippen LogP contribution is -2.10. The van der Waals surface area contributed by atoms with Crippen LogP contribution in [0.5, 0.6) is 0 Å². The fourth-order valence-electron chi connectivity index (χ4n) is 2.04. The van der Waals surface area contributed by atoms with Crippen molar-refractivity contribution in [2.45, 2.75) is 49.4 Å². The third-order valence-electron chi connectivity index (χ3n) is 2.88. The molecule has 0 aliphatic heterocycles. The van der Waals surface area contributed by atoms with E-state index in [-0.39, 0.29) is 5.69 Å². The zero-order valence-electron chi connectivity index (χ0n) is 9.85. The Hall–Kier alpha value is -1.10. The second kappa shape index (κ2) is 5.49. The minimum atomic E-state index is -0.985. The van der Waals surface area contributed by atoms with E-state index in [9.17, 15) is 4.79 Å². The summed E-state index contributed by atoms with van der Waals surface area (Å²) in [6, 6.07) is 1.51. The van der Waals surface area contributed by atoms with Gasteiger partial charge in [0.25, 0.3) is 0 Å². The van der Waals surface area contributed by atoms with Crippen molar-refractivity contribution in [3.63, 3.8) is 0 Å². The molecule has 1 heterocycles. The molecule has 0 aromatic carbocycles. The Kier molecular flexibility index (Phi) is 3.99. The van der Waals surface area contributed by atoms with Crippen LogP contribution in [0.4, 0.5) is 0 Å². The van der Waals surface area contributed by atoms with Crippen molar-refractivity contribution in [3.8, 4) is 0 Å². The van der Waals surface area contributed by atoms with Gasteiger partial charge in [0, 0.05) is 10.9 Å². The van der Waals surface area contributed by atoms with Gasteiger partial charge in [0.05, 0.1) is 0 Å². The Bertz CT molecular complexity index is 417. The van der Waals surface area contributed by atoms with E-state index >= 15 is 0 Å². The molecule has 1 fully saturated rings. The van der Waals surface area contributed by atoms with Crippen LogP contribution in [-0.2, 0) is 0 Å². The van der Waals surface area contributed by atoms with E-state index in [1.54, 1.807) is 18.7 Å². The number of carbonyl (C=O) groups is 1. The van der Waals surface area contributed by atoms with E-state index in [2.05, 4.69) is 9.97 Å². The van der Waals surface area contributed by atoms with Crippen LogP contribution < -0.4 is 0 Å². The summed E-state index contributed by atoms with van der Waals surface area (Å²) in [6.07, 6.45) is 6.20. The minimum Gasteiger partial charge on any atom is -0.477 e. The van der Waals surface area contributed by atoms with Crippen molar-refractivity contribution in [2.24, 2.45) is 0 Å². The van der Waals surface area contributed by atoms with Crippen LogP contribution >= 0.6 is 11.8 Å². The fourth-order valence-corrected chi connectivity index (χ4v) is 3.25. The molecule has 4 nitrogen and oxygen atoms in total. The quantitative estimate of drug-likeness (QED) is 0.838. The van der Waals surface area contributed by atoms with Crippen molar-refractivity contribution >= 4 is 17.7 Å². The molecule has 0 spiro atoms. The van der Waals surface area contributed by atoms with E-state index in [4.69, 9.17) is 5.11 Å². The number of hydrogen-bond donors (Lipinski definition) is 1. The topological polar surface area (TPSA) is 63.1 Å². The van der Waals surface area contributed by atoms with Gasteiger partial charge in [-0.1, -0.05) is 31.0 Å². The number of aryl methyl sites for hydroxylation is 1. The van der Waals surface area contributed by atoms with Crippen LogP contribution in [0, 0.1) is 6.92 Å². The van der Waals surface area contributed by atoms with Crippen molar-refractivity contribution in [2.75, 3.05) is 0 Å². The summed E-state index contributed by atoms with van der Waals surface area (Å²) in [5, 5.41) is 10.1. The number of thioether (sulfide) groups is 1. The maximum Gasteiger partial charge on any atom is 0.354 e.